The summed E-state index contributed by atoms with van der Waals surface area (Å²) in [7, 11) is 0. The second-order valence-electron chi connectivity index (χ2n) is 4.60. The highest BCUT2D eigenvalue weighted by Crippen LogP contribution is 2.25. The normalized spacial score (nSPS) is 12.2. The molecular weight excluding hydrogens is 258 g/mol. The predicted molar refractivity (Wildman–Crippen MR) is 80.1 cm³/mol. The van der Waals surface area contributed by atoms with Crippen LogP contribution in [0.15, 0.2) is 48.5 Å². The molecule has 2 rings (SSSR count). The highest BCUT2D eigenvalue weighted by molar-refractivity contribution is 6.30. The molecule has 0 aliphatic rings. The van der Waals surface area contributed by atoms with Crippen LogP contribution in [0.2, 0.25) is 5.02 Å². The summed E-state index contributed by atoms with van der Waals surface area (Å²) >= 11 is 5.83. The van der Waals surface area contributed by atoms with E-state index >= 15 is 0 Å². The zero-order valence-electron chi connectivity index (χ0n) is 11.0. The van der Waals surface area contributed by atoms with Gasteiger partial charge in [0.1, 0.15) is 11.5 Å². The minimum Gasteiger partial charge on any atom is -0.457 e. The minimum absolute atomic E-state index is 0.481. The second kappa shape index (κ2) is 6.60. The second-order valence-corrected chi connectivity index (χ2v) is 5.04. The van der Waals surface area contributed by atoms with E-state index in [4.69, 9.17) is 22.1 Å². The van der Waals surface area contributed by atoms with Gasteiger partial charge in [-0.05, 0) is 60.8 Å². The zero-order valence-corrected chi connectivity index (χ0v) is 11.7. The summed E-state index contributed by atoms with van der Waals surface area (Å²) in [6, 6.07) is 15.5. The van der Waals surface area contributed by atoms with E-state index in [1.165, 1.54) is 5.56 Å². The van der Waals surface area contributed by atoms with Gasteiger partial charge in [0.25, 0.3) is 0 Å². The molecule has 0 fully saturated rings. The van der Waals surface area contributed by atoms with Crippen LogP contribution in [0.3, 0.4) is 0 Å². The highest BCUT2D eigenvalue weighted by atomic mass is 35.5. The average molecular weight is 276 g/mol. The van der Waals surface area contributed by atoms with Gasteiger partial charge in [-0.2, -0.15) is 0 Å². The summed E-state index contributed by atoms with van der Waals surface area (Å²) < 4.78 is 5.74. The molecule has 0 aliphatic carbocycles. The maximum Gasteiger partial charge on any atom is 0.127 e. The van der Waals surface area contributed by atoms with Gasteiger partial charge >= 0.3 is 0 Å². The Kier molecular flexibility index (Phi) is 4.83. The SMILES string of the molecule is CC(CCN)c1ccc(Oc2ccc(Cl)cc2)cc1. The van der Waals surface area contributed by atoms with Gasteiger partial charge in [0.15, 0.2) is 0 Å². The largest absolute Gasteiger partial charge is 0.457 e. The Hall–Kier alpha value is -1.51. The maximum atomic E-state index is 5.83. The third-order valence-corrected chi connectivity index (χ3v) is 3.35. The number of benzene rings is 2. The van der Waals surface area contributed by atoms with Crippen molar-refractivity contribution < 1.29 is 4.74 Å². The zero-order chi connectivity index (χ0) is 13.7. The lowest BCUT2D eigenvalue weighted by Gasteiger charge is -2.11. The first kappa shape index (κ1) is 13.9. The van der Waals surface area contributed by atoms with E-state index in [9.17, 15) is 0 Å². The van der Waals surface area contributed by atoms with E-state index in [0.29, 0.717) is 17.5 Å². The summed E-state index contributed by atoms with van der Waals surface area (Å²) in [5.74, 6) is 2.09. The molecule has 19 heavy (non-hydrogen) atoms. The summed E-state index contributed by atoms with van der Waals surface area (Å²) in [4.78, 5) is 0. The Morgan fingerprint density at radius 2 is 1.53 bits per heavy atom. The van der Waals surface area contributed by atoms with Gasteiger partial charge in [0.05, 0.1) is 0 Å². The molecule has 0 spiro atoms. The Morgan fingerprint density at radius 1 is 1.00 bits per heavy atom. The van der Waals surface area contributed by atoms with E-state index in [-0.39, 0.29) is 0 Å². The molecule has 0 aliphatic heterocycles. The summed E-state index contributed by atoms with van der Waals surface area (Å²) in [6.45, 7) is 2.89. The van der Waals surface area contributed by atoms with E-state index in [0.717, 1.165) is 17.9 Å². The molecule has 2 nitrogen and oxygen atoms in total. The highest BCUT2D eigenvalue weighted by Gasteiger charge is 2.04. The molecule has 0 radical (unpaired) electrons. The van der Waals surface area contributed by atoms with Crippen LogP contribution >= 0.6 is 11.6 Å². The van der Waals surface area contributed by atoms with Crippen LogP contribution < -0.4 is 10.5 Å². The Bertz CT molecular complexity index is 507. The molecule has 0 saturated heterocycles. The third kappa shape index (κ3) is 3.98. The van der Waals surface area contributed by atoms with Gasteiger partial charge in [0.2, 0.25) is 0 Å². The number of rotatable bonds is 5. The molecule has 0 saturated carbocycles. The average Bonchev–Trinajstić information content (AvgIpc) is 2.42. The van der Waals surface area contributed by atoms with E-state index in [2.05, 4.69) is 19.1 Å². The fourth-order valence-corrected chi connectivity index (χ4v) is 2.05. The molecule has 2 aromatic carbocycles. The van der Waals surface area contributed by atoms with Gasteiger partial charge in [-0.15, -0.1) is 0 Å². The summed E-state index contributed by atoms with van der Waals surface area (Å²) in [6.07, 6.45) is 0.997. The standard InChI is InChI=1S/C16H18ClNO/c1-12(10-11-18)13-2-6-15(7-3-13)19-16-8-4-14(17)5-9-16/h2-9,12H,10-11,18H2,1H3. The van der Waals surface area contributed by atoms with E-state index in [1.807, 2.05) is 36.4 Å². The van der Waals surface area contributed by atoms with Gasteiger partial charge in [-0.3, -0.25) is 0 Å². The first-order chi connectivity index (χ1) is 9.19. The fraction of sp³-hybridized carbons (Fsp3) is 0.250. The van der Waals surface area contributed by atoms with Crippen molar-refractivity contribution in [2.24, 2.45) is 5.73 Å². The third-order valence-electron chi connectivity index (χ3n) is 3.10. The number of ether oxygens (including phenoxy) is 1. The fourth-order valence-electron chi connectivity index (χ4n) is 1.92. The van der Waals surface area contributed by atoms with E-state index < -0.39 is 0 Å². The molecule has 2 N–H and O–H groups in total. The van der Waals surface area contributed by atoms with Gasteiger partial charge < -0.3 is 10.5 Å². The molecule has 0 bridgehead atoms. The van der Waals surface area contributed by atoms with E-state index in [1.54, 1.807) is 0 Å². The number of halogens is 1. The van der Waals surface area contributed by atoms with Crippen LogP contribution in [0.25, 0.3) is 0 Å². The first-order valence-corrected chi connectivity index (χ1v) is 6.80. The first-order valence-electron chi connectivity index (χ1n) is 6.42. The molecule has 0 amide bonds. The van der Waals surface area contributed by atoms with Crippen LogP contribution in [-0.4, -0.2) is 6.54 Å². The smallest absolute Gasteiger partial charge is 0.127 e. The van der Waals surface area contributed by atoms with Crippen molar-refractivity contribution in [3.63, 3.8) is 0 Å². The molecule has 3 heteroatoms. The topological polar surface area (TPSA) is 35.2 Å². The van der Waals surface area contributed by atoms with Crippen molar-refractivity contribution in [1.29, 1.82) is 0 Å². The minimum atomic E-state index is 0.481. The number of hydrogen-bond donors (Lipinski definition) is 1. The molecule has 1 unspecified atom stereocenters. The van der Waals surface area contributed by atoms with Crippen molar-refractivity contribution >= 4 is 11.6 Å². The lowest BCUT2D eigenvalue weighted by Crippen LogP contribution is -2.04. The molecule has 2 aromatic rings. The lowest BCUT2D eigenvalue weighted by molar-refractivity contribution is 0.482. The lowest BCUT2D eigenvalue weighted by atomic mass is 9.98. The Labute approximate surface area is 119 Å². The van der Waals surface area contributed by atoms with Crippen LogP contribution in [0.1, 0.15) is 24.8 Å². The van der Waals surface area contributed by atoms with Crippen LogP contribution in [0, 0.1) is 0 Å². The van der Waals surface area contributed by atoms with Crippen LogP contribution in [0.4, 0.5) is 0 Å². The van der Waals surface area contributed by atoms with Crippen molar-refractivity contribution in [3.05, 3.63) is 59.1 Å². The van der Waals surface area contributed by atoms with Crippen molar-refractivity contribution in [1.82, 2.24) is 0 Å². The van der Waals surface area contributed by atoms with Crippen LogP contribution in [-0.2, 0) is 0 Å². The van der Waals surface area contributed by atoms with Crippen molar-refractivity contribution in [2.45, 2.75) is 19.3 Å². The predicted octanol–water partition coefficient (Wildman–Crippen LogP) is 4.58. The van der Waals surface area contributed by atoms with Crippen molar-refractivity contribution in [2.75, 3.05) is 6.54 Å². The van der Waals surface area contributed by atoms with Crippen LogP contribution in [0.5, 0.6) is 11.5 Å². The maximum absolute atomic E-state index is 5.83. The molecule has 1 atom stereocenters. The van der Waals surface area contributed by atoms with Gasteiger partial charge in [-0.1, -0.05) is 30.7 Å². The molecule has 0 aromatic heterocycles. The summed E-state index contributed by atoms with van der Waals surface area (Å²) in [5, 5.41) is 0.707. The number of nitrogens with two attached hydrogens (primary N) is 1. The molecular formula is C16H18ClNO. The van der Waals surface area contributed by atoms with Gasteiger partial charge in [-0.25, -0.2) is 0 Å². The van der Waals surface area contributed by atoms with Gasteiger partial charge in [0, 0.05) is 5.02 Å². The Balaban J connectivity index is 2.04. The number of hydrogen-bond acceptors (Lipinski definition) is 2. The molecule has 0 heterocycles. The molecule has 100 valence electrons. The summed E-state index contributed by atoms with van der Waals surface area (Å²) in [5.41, 5.74) is 6.86. The van der Waals surface area contributed by atoms with Crippen molar-refractivity contribution in [3.8, 4) is 11.5 Å². The quantitative estimate of drug-likeness (QED) is 0.866. The Morgan fingerprint density at radius 3 is 2.05 bits per heavy atom. The monoisotopic (exact) mass is 275 g/mol.